The average molecular weight is 585 g/mol. The van der Waals surface area contributed by atoms with Crippen molar-refractivity contribution < 1.29 is 27.9 Å². The van der Waals surface area contributed by atoms with Gasteiger partial charge in [-0.05, 0) is 61.4 Å². The number of carbonyl (C=O) groups is 2. The molecule has 222 valence electrons. The van der Waals surface area contributed by atoms with Crippen LogP contribution in [0.1, 0.15) is 73.2 Å². The van der Waals surface area contributed by atoms with E-state index < -0.39 is 16.2 Å². The predicted octanol–water partition coefficient (Wildman–Crippen LogP) is 4.39. The number of aromatic carboxylic acids is 1. The molecule has 1 aliphatic carbocycles. The van der Waals surface area contributed by atoms with E-state index in [0.29, 0.717) is 37.6 Å². The van der Waals surface area contributed by atoms with E-state index in [0.717, 1.165) is 58.6 Å². The van der Waals surface area contributed by atoms with E-state index >= 15 is 0 Å². The highest BCUT2D eigenvalue weighted by Crippen LogP contribution is 2.45. The summed E-state index contributed by atoms with van der Waals surface area (Å²) in [7, 11) is -0.271. The first-order valence-corrected chi connectivity index (χ1v) is 15.7. The quantitative estimate of drug-likeness (QED) is 0.254. The number of benzene rings is 2. The van der Waals surface area contributed by atoms with Crippen LogP contribution in [0.3, 0.4) is 0 Å². The van der Waals surface area contributed by atoms with Gasteiger partial charge in [0.25, 0.3) is 16.1 Å². The number of amides is 1. The van der Waals surface area contributed by atoms with Crippen molar-refractivity contribution in [2.24, 2.45) is 12.2 Å². The molecule has 11 heteroatoms. The maximum absolute atomic E-state index is 12.6. The summed E-state index contributed by atoms with van der Waals surface area (Å²) >= 11 is 0. The topological polar surface area (TPSA) is 144 Å². The van der Waals surface area contributed by atoms with Gasteiger partial charge in [0.05, 0.1) is 11.3 Å². The molecule has 4 rings (SSSR count). The zero-order valence-electron chi connectivity index (χ0n) is 23.8. The van der Waals surface area contributed by atoms with Gasteiger partial charge in [-0.15, -0.1) is 0 Å². The molecule has 10 nitrogen and oxygen atoms in total. The molecule has 0 radical (unpaired) electrons. The maximum Gasteiger partial charge on any atom is 0.335 e. The Kier molecular flexibility index (Phi) is 10.1. The number of hydrogen-bond acceptors (Lipinski definition) is 5. The second-order valence-corrected chi connectivity index (χ2v) is 12.4. The van der Waals surface area contributed by atoms with Gasteiger partial charge < -0.3 is 19.7 Å². The number of carboxylic acid groups (broad SMARTS) is 1. The van der Waals surface area contributed by atoms with E-state index in [1.807, 2.05) is 37.4 Å². The predicted molar refractivity (Wildman–Crippen MR) is 159 cm³/mol. The summed E-state index contributed by atoms with van der Waals surface area (Å²) in [5.74, 6) is -0.245. The number of nitrogens with one attached hydrogen (secondary N) is 1. The van der Waals surface area contributed by atoms with Gasteiger partial charge in [-0.2, -0.15) is 12.7 Å². The highest BCUT2D eigenvalue weighted by Gasteiger charge is 2.27. The summed E-state index contributed by atoms with van der Waals surface area (Å²) in [4.78, 5) is 24.3. The number of hydrogen-bond donors (Lipinski definition) is 3. The van der Waals surface area contributed by atoms with Crippen LogP contribution in [0.15, 0.2) is 42.5 Å². The zero-order valence-corrected chi connectivity index (χ0v) is 24.6. The number of ether oxygens (including phenoxy) is 1. The fourth-order valence-corrected chi connectivity index (χ4v) is 6.09. The van der Waals surface area contributed by atoms with E-state index in [2.05, 4.69) is 9.88 Å². The fourth-order valence-electron chi connectivity index (χ4n) is 5.70. The lowest BCUT2D eigenvalue weighted by atomic mass is 9.81. The Balaban J connectivity index is 1.48. The van der Waals surface area contributed by atoms with Crippen LogP contribution in [0.5, 0.6) is 5.75 Å². The van der Waals surface area contributed by atoms with Crippen LogP contribution in [-0.2, 0) is 22.1 Å². The van der Waals surface area contributed by atoms with Crippen molar-refractivity contribution >= 4 is 33.0 Å². The fraction of sp³-hybridized carbons (Fsp3) is 0.467. The molecule has 4 N–H and O–H groups in total. The van der Waals surface area contributed by atoms with Crippen LogP contribution < -0.4 is 15.2 Å². The van der Waals surface area contributed by atoms with Crippen molar-refractivity contribution in [3.05, 3.63) is 53.6 Å². The van der Waals surface area contributed by atoms with Crippen molar-refractivity contribution in [3.63, 3.8) is 0 Å². The number of rotatable bonds is 13. The SMILES string of the molecule is CN(CCCCCNC(=O)COc1ccccc1-c1c(C2CCCCC2)c2ccc(C(=O)O)cc2n1C)S(N)(=O)=O. The van der Waals surface area contributed by atoms with E-state index in [4.69, 9.17) is 9.88 Å². The van der Waals surface area contributed by atoms with Crippen LogP contribution in [-0.4, -0.2) is 61.0 Å². The van der Waals surface area contributed by atoms with E-state index in [-0.39, 0.29) is 18.1 Å². The second-order valence-electron chi connectivity index (χ2n) is 10.8. The number of aryl methyl sites for hydroxylation is 1. The summed E-state index contributed by atoms with van der Waals surface area (Å²) in [6.07, 6.45) is 7.81. The van der Waals surface area contributed by atoms with Crippen LogP contribution in [0, 0.1) is 0 Å². The summed E-state index contributed by atoms with van der Waals surface area (Å²) in [6, 6.07) is 13.0. The Labute approximate surface area is 241 Å². The Morgan fingerprint density at radius 3 is 2.54 bits per heavy atom. The molecule has 1 aliphatic rings. The lowest BCUT2D eigenvalue weighted by Gasteiger charge is -2.24. The van der Waals surface area contributed by atoms with Crippen molar-refractivity contribution in [3.8, 4) is 17.0 Å². The molecule has 0 aliphatic heterocycles. The van der Waals surface area contributed by atoms with Crippen molar-refractivity contribution in [1.29, 1.82) is 0 Å². The third-order valence-corrected chi connectivity index (χ3v) is 8.96. The summed E-state index contributed by atoms with van der Waals surface area (Å²) in [6.45, 7) is 0.655. The van der Waals surface area contributed by atoms with Gasteiger partial charge in [0.15, 0.2) is 6.61 Å². The zero-order chi connectivity index (χ0) is 29.6. The van der Waals surface area contributed by atoms with Gasteiger partial charge in [0.2, 0.25) is 0 Å². The van der Waals surface area contributed by atoms with Crippen molar-refractivity contribution in [2.45, 2.75) is 57.3 Å². The first-order valence-electron chi connectivity index (χ1n) is 14.2. The largest absolute Gasteiger partial charge is 0.483 e. The number of fused-ring (bicyclic) bond motifs is 1. The second kappa shape index (κ2) is 13.5. The molecule has 1 saturated carbocycles. The molecular formula is C30H40N4O6S. The third kappa shape index (κ3) is 7.46. The Morgan fingerprint density at radius 2 is 1.83 bits per heavy atom. The molecule has 3 aromatic rings. The lowest BCUT2D eigenvalue weighted by molar-refractivity contribution is -0.123. The minimum Gasteiger partial charge on any atom is -0.483 e. The molecule has 1 heterocycles. The summed E-state index contributed by atoms with van der Waals surface area (Å²) < 4.78 is 31.7. The normalized spacial score (nSPS) is 14.4. The number of carboxylic acids is 1. The smallest absolute Gasteiger partial charge is 0.335 e. The minimum absolute atomic E-state index is 0.142. The molecule has 1 fully saturated rings. The molecule has 1 amide bonds. The van der Waals surface area contributed by atoms with Crippen molar-refractivity contribution in [1.82, 2.24) is 14.2 Å². The number of nitrogens with zero attached hydrogens (tertiary/aromatic N) is 2. The molecule has 0 spiro atoms. The van der Waals surface area contributed by atoms with Crippen LogP contribution in [0.4, 0.5) is 0 Å². The molecule has 1 aromatic heterocycles. The molecule has 0 saturated heterocycles. The van der Waals surface area contributed by atoms with Crippen LogP contribution in [0.2, 0.25) is 0 Å². The standard InChI is InChI=1S/C30H40N4O6S/c1-33(41(31,38)39)18-10-4-9-17-32-27(35)20-40-26-14-8-7-13-24(26)29-28(21-11-5-3-6-12-21)23-16-15-22(30(36)37)19-25(23)34(29)2/h7-8,13-16,19,21H,3-6,9-12,17-18,20H2,1-2H3,(H,32,35)(H,36,37)(H2,31,38,39). The maximum atomic E-state index is 12.6. The van der Waals surface area contributed by atoms with Gasteiger partial charge in [0.1, 0.15) is 5.75 Å². The van der Waals surface area contributed by atoms with Crippen molar-refractivity contribution in [2.75, 3.05) is 26.7 Å². The molecule has 0 bridgehead atoms. The van der Waals surface area contributed by atoms with Gasteiger partial charge in [-0.1, -0.05) is 43.9 Å². The highest BCUT2D eigenvalue weighted by atomic mass is 32.2. The molecular weight excluding hydrogens is 544 g/mol. The lowest BCUT2D eigenvalue weighted by Crippen LogP contribution is -2.34. The third-order valence-electron chi connectivity index (χ3n) is 7.91. The van der Waals surface area contributed by atoms with Crippen LogP contribution in [0.25, 0.3) is 22.2 Å². The van der Waals surface area contributed by atoms with Gasteiger partial charge in [-0.25, -0.2) is 9.93 Å². The van der Waals surface area contributed by atoms with Gasteiger partial charge in [0, 0.05) is 43.7 Å². The Hall–Kier alpha value is -3.41. The number of nitrogens with two attached hydrogens (primary N) is 1. The summed E-state index contributed by atoms with van der Waals surface area (Å²) in [5, 5.41) is 18.6. The first kappa shape index (κ1) is 30.5. The first-order chi connectivity index (χ1) is 19.6. The van der Waals surface area contributed by atoms with E-state index in [1.54, 1.807) is 12.1 Å². The highest BCUT2D eigenvalue weighted by molar-refractivity contribution is 7.86. The Bertz CT molecular complexity index is 1490. The average Bonchev–Trinajstić information content (AvgIpc) is 3.25. The molecule has 2 aromatic carbocycles. The molecule has 0 unspecified atom stereocenters. The number of unbranched alkanes of at least 4 members (excludes halogenated alkanes) is 2. The minimum atomic E-state index is -3.67. The van der Waals surface area contributed by atoms with E-state index in [9.17, 15) is 23.1 Å². The molecule has 0 atom stereocenters. The van der Waals surface area contributed by atoms with Crippen LogP contribution >= 0.6 is 0 Å². The Morgan fingerprint density at radius 1 is 1.10 bits per heavy atom. The monoisotopic (exact) mass is 584 g/mol. The van der Waals surface area contributed by atoms with E-state index in [1.165, 1.54) is 19.0 Å². The number of aromatic nitrogens is 1. The summed E-state index contributed by atoms with van der Waals surface area (Å²) in [5.41, 5.74) is 4.19. The number of carbonyl (C=O) groups excluding carboxylic acids is 1. The van der Waals surface area contributed by atoms with Gasteiger partial charge in [-0.3, -0.25) is 4.79 Å². The molecule has 41 heavy (non-hydrogen) atoms. The van der Waals surface area contributed by atoms with Gasteiger partial charge >= 0.3 is 5.97 Å². The number of para-hydroxylation sites is 1.